The lowest BCUT2D eigenvalue weighted by Crippen LogP contribution is -2.14. The second-order valence-corrected chi connectivity index (χ2v) is 7.58. The summed E-state index contributed by atoms with van der Waals surface area (Å²) in [5.74, 6) is -0.493. The quantitative estimate of drug-likeness (QED) is 0.324. The fraction of sp³-hybridized carbons (Fsp3) is 0.120. The second-order valence-electron chi connectivity index (χ2n) is 7.58. The normalized spacial score (nSPS) is 11.3. The van der Waals surface area contributed by atoms with Gasteiger partial charge in [-0.1, -0.05) is 12.1 Å². The highest BCUT2D eigenvalue weighted by molar-refractivity contribution is 6.05. The molecule has 0 spiro atoms. The number of carbonyl (C=O) groups excluding carboxylic acids is 1. The predicted molar refractivity (Wildman–Crippen MR) is 122 cm³/mol. The van der Waals surface area contributed by atoms with E-state index in [-0.39, 0.29) is 5.69 Å². The number of halogens is 3. The number of pyridine rings is 1. The summed E-state index contributed by atoms with van der Waals surface area (Å²) in [5.41, 5.74) is 4.16. The van der Waals surface area contributed by atoms with Crippen LogP contribution in [0.1, 0.15) is 27.0 Å². The van der Waals surface area contributed by atoms with Gasteiger partial charge in [-0.05, 0) is 66.6 Å². The maximum atomic E-state index is 12.9. The van der Waals surface area contributed by atoms with Gasteiger partial charge in [0.15, 0.2) is 0 Å². The third-order valence-electron chi connectivity index (χ3n) is 5.13. The van der Waals surface area contributed by atoms with Crippen LogP contribution in [0.2, 0.25) is 0 Å². The molecule has 2 aromatic carbocycles. The number of amides is 1. The number of H-pyrrole nitrogens is 1. The summed E-state index contributed by atoms with van der Waals surface area (Å²) < 4.78 is 38.8. The number of hydrogen-bond acceptors (Lipinski definition) is 3. The molecule has 0 aliphatic rings. The van der Waals surface area contributed by atoms with E-state index in [1.807, 2.05) is 31.3 Å². The van der Waals surface area contributed by atoms with Crippen LogP contribution in [0.5, 0.6) is 0 Å². The number of anilines is 2. The Balaban J connectivity index is 1.47. The van der Waals surface area contributed by atoms with E-state index in [2.05, 4.69) is 20.6 Å². The molecule has 0 radical (unpaired) electrons. The highest BCUT2D eigenvalue weighted by Gasteiger charge is 2.30. The summed E-state index contributed by atoms with van der Waals surface area (Å²) in [6, 6.07) is 15.6. The van der Waals surface area contributed by atoms with Crippen molar-refractivity contribution >= 4 is 17.3 Å². The molecule has 2 heterocycles. The molecule has 1 amide bonds. The van der Waals surface area contributed by atoms with Gasteiger partial charge in [0.2, 0.25) is 0 Å². The Labute approximate surface area is 188 Å². The Hall–Kier alpha value is -4.07. The molecule has 0 fully saturated rings. The number of nitrogens with one attached hydrogen (secondary N) is 3. The molecule has 33 heavy (non-hydrogen) atoms. The number of nitrogens with zero attached hydrogens (tertiary/aromatic N) is 1. The molecule has 4 aromatic rings. The predicted octanol–water partition coefficient (Wildman–Crippen LogP) is 6.27. The van der Waals surface area contributed by atoms with E-state index < -0.39 is 17.6 Å². The van der Waals surface area contributed by atoms with E-state index >= 15 is 0 Å². The van der Waals surface area contributed by atoms with Crippen LogP contribution in [0.4, 0.5) is 24.5 Å². The third kappa shape index (κ3) is 5.41. The highest BCUT2D eigenvalue weighted by atomic mass is 19.4. The molecule has 0 unspecified atom stereocenters. The van der Waals surface area contributed by atoms with E-state index in [1.54, 1.807) is 30.6 Å². The number of aromatic nitrogens is 2. The molecule has 3 N–H and O–H groups in total. The zero-order valence-electron chi connectivity index (χ0n) is 17.7. The molecule has 5 nitrogen and oxygen atoms in total. The van der Waals surface area contributed by atoms with Crippen LogP contribution in [-0.2, 0) is 12.7 Å². The van der Waals surface area contributed by atoms with Crippen LogP contribution < -0.4 is 10.6 Å². The molecular weight excluding hydrogens is 429 g/mol. The average Bonchev–Trinajstić information content (AvgIpc) is 3.33. The second kappa shape index (κ2) is 9.20. The van der Waals surface area contributed by atoms with Gasteiger partial charge in [-0.15, -0.1) is 0 Å². The largest absolute Gasteiger partial charge is 0.416 e. The van der Waals surface area contributed by atoms with E-state index in [0.29, 0.717) is 12.1 Å². The number of alkyl halides is 3. The van der Waals surface area contributed by atoms with E-state index in [9.17, 15) is 18.0 Å². The van der Waals surface area contributed by atoms with Crippen LogP contribution in [0.15, 0.2) is 79.3 Å². The lowest BCUT2D eigenvalue weighted by Gasteiger charge is -2.13. The summed E-state index contributed by atoms with van der Waals surface area (Å²) in [6.45, 7) is 2.39. The molecule has 168 valence electrons. The summed E-state index contributed by atoms with van der Waals surface area (Å²) in [4.78, 5) is 20.1. The minimum atomic E-state index is -4.48. The zero-order valence-corrected chi connectivity index (χ0v) is 17.7. The summed E-state index contributed by atoms with van der Waals surface area (Å²) >= 11 is 0. The van der Waals surface area contributed by atoms with Crippen molar-refractivity contribution < 1.29 is 18.0 Å². The first-order valence-electron chi connectivity index (χ1n) is 10.2. The molecule has 2 aromatic heterocycles. The van der Waals surface area contributed by atoms with Gasteiger partial charge in [-0.3, -0.25) is 9.78 Å². The Bertz CT molecular complexity index is 1270. The van der Waals surface area contributed by atoms with Crippen molar-refractivity contribution in [1.82, 2.24) is 9.97 Å². The fourth-order valence-corrected chi connectivity index (χ4v) is 3.37. The summed E-state index contributed by atoms with van der Waals surface area (Å²) in [5, 5.41) is 5.84. The average molecular weight is 450 g/mol. The van der Waals surface area contributed by atoms with Crippen LogP contribution in [0.25, 0.3) is 11.3 Å². The maximum absolute atomic E-state index is 12.9. The van der Waals surface area contributed by atoms with Crippen molar-refractivity contribution in [2.45, 2.75) is 19.6 Å². The first-order chi connectivity index (χ1) is 15.8. The summed E-state index contributed by atoms with van der Waals surface area (Å²) in [7, 11) is 0. The minimum Gasteiger partial charge on any atom is -0.381 e. The molecule has 0 saturated heterocycles. The number of rotatable bonds is 6. The summed E-state index contributed by atoms with van der Waals surface area (Å²) in [6.07, 6.45) is 0.909. The van der Waals surface area contributed by atoms with Crippen molar-refractivity contribution in [2.24, 2.45) is 0 Å². The van der Waals surface area contributed by atoms with E-state index in [1.165, 1.54) is 12.1 Å². The number of carbonyl (C=O) groups is 1. The van der Waals surface area contributed by atoms with Crippen molar-refractivity contribution in [2.75, 3.05) is 10.6 Å². The van der Waals surface area contributed by atoms with Gasteiger partial charge in [-0.25, -0.2) is 0 Å². The first kappa shape index (κ1) is 22.1. The maximum Gasteiger partial charge on any atom is 0.416 e. The molecule has 4 rings (SSSR count). The molecule has 0 aliphatic heterocycles. The lowest BCUT2D eigenvalue weighted by atomic mass is 10.1. The molecular formula is C25H21F3N4O. The number of hydrogen-bond donors (Lipinski definition) is 3. The van der Waals surface area contributed by atoms with Gasteiger partial charge in [0.1, 0.15) is 0 Å². The highest BCUT2D eigenvalue weighted by Crippen LogP contribution is 2.31. The van der Waals surface area contributed by atoms with Crippen LogP contribution in [-0.4, -0.2) is 15.9 Å². The van der Waals surface area contributed by atoms with E-state index in [4.69, 9.17) is 0 Å². The fourth-order valence-electron chi connectivity index (χ4n) is 3.37. The van der Waals surface area contributed by atoms with Crippen molar-refractivity contribution in [3.63, 3.8) is 0 Å². The van der Waals surface area contributed by atoms with Gasteiger partial charge in [-0.2, -0.15) is 13.2 Å². The van der Waals surface area contributed by atoms with Crippen molar-refractivity contribution in [3.8, 4) is 11.3 Å². The lowest BCUT2D eigenvalue weighted by molar-refractivity contribution is -0.137. The molecule has 0 atom stereocenters. The SMILES string of the molecule is Cc1ccc(C(=O)Nc2cccc(C(F)(F)F)c2)cc1NCc1cncc(-c2ccc[nH]2)c1. The van der Waals surface area contributed by atoms with Crippen LogP contribution >= 0.6 is 0 Å². The Morgan fingerprint density at radius 3 is 2.64 bits per heavy atom. The van der Waals surface area contributed by atoms with Crippen molar-refractivity contribution in [3.05, 3.63) is 102 Å². The molecule has 0 bridgehead atoms. The molecule has 0 saturated carbocycles. The van der Waals surface area contributed by atoms with Gasteiger partial charge >= 0.3 is 6.18 Å². The Morgan fingerprint density at radius 2 is 1.88 bits per heavy atom. The smallest absolute Gasteiger partial charge is 0.381 e. The standard InChI is InChI=1S/C25H21F3N4O/c1-16-7-8-18(24(33)32-21-5-2-4-20(12-21)25(26,27)28)11-23(16)31-14-17-10-19(15-29-13-17)22-6-3-9-30-22/h2-13,15,30-31H,14H2,1H3,(H,32,33). The monoisotopic (exact) mass is 450 g/mol. The van der Waals surface area contributed by atoms with Gasteiger partial charge in [0, 0.05) is 53.3 Å². The topological polar surface area (TPSA) is 69.8 Å². The zero-order chi connectivity index (χ0) is 23.4. The molecule has 0 aliphatic carbocycles. The van der Waals surface area contributed by atoms with Gasteiger partial charge in [0.05, 0.1) is 5.56 Å². The molecule has 8 heteroatoms. The minimum absolute atomic E-state index is 0.0807. The first-order valence-corrected chi connectivity index (χ1v) is 10.2. The van der Waals surface area contributed by atoms with Gasteiger partial charge < -0.3 is 15.6 Å². The van der Waals surface area contributed by atoms with Crippen LogP contribution in [0, 0.1) is 6.92 Å². The van der Waals surface area contributed by atoms with Crippen LogP contribution in [0.3, 0.4) is 0 Å². The number of benzene rings is 2. The number of aromatic amines is 1. The number of aryl methyl sites for hydroxylation is 1. The Kier molecular flexibility index (Phi) is 6.17. The van der Waals surface area contributed by atoms with E-state index in [0.717, 1.165) is 40.2 Å². The Morgan fingerprint density at radius 1 is 1.03 bits per heavy atom. The third-order valence-corrected chi connectivity index (χ3v) is 5.13. The van der Waals surface area contributed by atoms with Crippen molar-refractivity contribution in [1.29, 1.82) is 0 Å². The van der Waals surface area contributed by atoms with Gasteiger partial charge in [0.25, 0.3) is 5.91 Å².